The molecule has 2 N–H and O–H groups in total. The molecule has 1 aliphatic rings. The van der Waals surface area contributed by atoms with Crippen LogP contribution in [-0.2, 0) is 5.54 Å². The van der Waals surface area contributed by atoms with Crippen LogP contribution in [0, 0.1) is 6.92 Å². The molecule has 0 radical (unpaired) electrons. The minimum Gasteiger partial charge on any atom is -0.319 e. The summed E-state index contributed by atoms with van der Waals surface area (Å²) in [6.45, 7) is 1.96. The van der Waals surface area contributed by atoms with E-state index in [0.29, 0.717) is 0 Å². The van der Waals surface area contributed by atoms with Crippen LogP contribution in [0.25, 0.3) is 0 Å². The molecule has 1 heterocycles. The minimum atomic E-state index is -0.188. The topological polar surface area (TPSA) is 51.8 Å². The van der Waals surface area contributed by atoms with E-state index in [1.807, 2.05) is 13.0 Å². The van der Waals surface area contributed by atoms with Gasteiger partial charge in [0.05, 0.1) is 5.54 Å². The first-order chi connectivity index (χ1) is 5.21. The minimum absolute atomic E-state index is 0.188. The normalized spacial score (nSPS) is 19.8. The predicted octanol–water partition coefficient (Wildman–Crippen LogP) is 0.733. The molecule has 1 aromatic rings. The lowest BCUT2D eigenvalue weighted by Gasteiger charge is -2.05. The van der Waals surface area contributed by atoms with E-state index < -0.39 is 0 Å². The first kappa shape index (κ1) is 6.73. The second-order valence-corrected chi connectivity index (χ2v) is 3.18. The molecule has 58 valence electrons. The van der Waals surface area contributed by atoms with Gasteiger partial charge >= 0.3 is 0 Å². The molecular formula is C8H11N3. The van der Waals surface area contributed by atoms with Gasteiger partial charge in [-0.05, 0) is 25.8 Å². The van der Waals surface area contributed by atoms with E-state index in [-0.39, 0.29) is 5.54 Å². The Morgan fingerprint density at radius 3 is 2.82 bits per heavy atom. The van der Waals surface area contributed by atoms with Crippen LogP contribution < -0.4 is 5.73 Å². The molecule has 3 heteroatoms. The maximum Gasteiger partial charge on any atom is 0.148 e. The highest BCUT2D eigenvalue weighted by molar-refractivity contribution is 5.15. The van der Waals surface area contributed by atoms with Gasteiger partial charge in [0, 0.05) is 11.9 Å². The van der Waals surface area contributed by atoms with Gasteiger partial charge in [-0.1, -0.05) is 0 Å². The molecule has 0 aliphatic heterocycles. The second-order valence-electron chi connectivity index (χ2n) is 3.18. The summed E-state index contributed by atoms with van der Waals surface area (Å²) in [6, 6.07) is 1.88. The maximum atomic E-state index is 5.91. The number of aromatic nitrogens is 2. The maximum absolute atomic E-state index is 5.91. The first-order valence-corrected chi connectivity index (χ1v) is 3.80. The number of aryl methyl sites for hydroxylation is 1. The SMILES string of the molecule is Cc1ccnc(C2(N)CC2)n1. The zero-order valence-electron chi connectivity index (χ0n) is 6.54. The van der Waals surface area contributed by atoms with Gasteiger partial charge in [-0.15, -0.1) is 0 Å². The molecular weight excluding hydrogens is 138 g/mol. The molecule has 0 aromatic carbocycles. The molecule has 0 atom stereocenters. The van der Waals surface area contributed by atoms with Crippen molar-refractivity contribution in [2.75, 3.05) is 0 Å². The van der Waals surface area contributed by atoms with Gasteiger partial charge in [0.25, 0.3) is 0 Å². The lowest BCUT2D eigenvalue weighted by atomic mass is 10.2. The van der Waals surface area contributed by atoms with Gasteiger partial charge in [0.15, 0.2) is 0 Å². The van der Waals surface area contributed by atoms with Crippen molar-refractivity contribution < 1.29 is 0 Å². The van der Waals surface area contributed by atoms with E-state index in [0.717, 1.165) is 24.4 Å². The highest BCUT2D eigenvalue weighted by Crippen LogP contribution is 2.40. The Kier molecular flexibility index (Phi) is 1.23. The Balaban J connectivity index is 2.38. The molecule has 3 nitrogen and oxygen atoms in total. The van der Waals surface area contributed by atoms with Crippen LogP contribution >= 0.6 is 0 Å². The van der Waals surface area contributed by atoms with Crippen molar-refractivity contribution in [1.29, 1.82) is 0 Å². The quantitative estimate of drug-likeness (QED) is 0.640. The van der Waals surface area contributed by atoms with E-state index in [4.69, 9.17) is 5.73 Å². The van der Waals surface area contributed by atoms with Gasteiger partial charge in [0.2, 0.25) is 0 Å². The summed E-state index contributed by atoms with van der Waals surface area (Å²) in [5.74, 6) is 0.803. The van der Waals surface area contributed by atoms with E-state index in [1.165, 1.54) is 0 Å². The lowest BCUT2D eigenvalue weighted by Crippen LogP contribution is -2.22. The first-order valence-electron chi connectivity index (χ1n) is 3.80. The fourth-order valence-corrected chi connectivity index (χ4v) is 1.05. The standard InChI is InChI=1S/C8H11N3/c1-6-2-5-10-7(11-6)8(9)3-4-8/h2,5H,3-4,9H2,1H3. The van der Waals surface area contributed by atoms with Gasteiger partial charge in [-0.25, -0.2) is 9.97 Å². The number of rotatable bonds is 1. The molecule has 1 aliphatic carbocycles. The van der Waals surface area contributed by atoms with Crippen LogP contribution in [-0.4, -0.2) is 9.97 Å². The summed E-state index contributed by atoms with van der Waals surface area (Å²) in [5.41, 5.74) is 6.72. The highest BCUT2D eigenvalue weighted by Gasteiger charge is 2.42. The highest BCUT2D eigenvalue weighted by atomic mass is 15.0. The van der Waals surface area contributed by atoms with Gasteiger partial charge in [0.1, 0.15) is 5.82 Å². The van der Waals surface area contributed by atoms with Crippen molar-refractivity contribution in [1.82, 2.24) is 9.97 Å². The molecule has 11 heavy (non-hydrogen) atoms. The van der Waals surface area contributed by atoms with Gasteiger partial charge in [-0.2, -0.15) is 0 Å². The number of hydrogen-bond donors (Lipinski definition) is 1. The monoisotopic (exact) mass is 149 g/mol. The molecule has 0 spiro atoms. The summed E-state index contributed by atoms with van der Waals surface area (Å²) in [6.07, 6.45) is 3.82. The van der Waals surface area contributed by atoms with Crippen molar-refractivity contribution in [3.63, 3.8) is 0 Å². The summed E-state index contributed by atoms with van der Waals surface area (Å²) in [7, 11) is 0. The van der Waals surface area contributed by atoms with Gasteiger partial charge in [-0.3, -0.25) is 0 Å². The fourth-order valence-electron chi connectivity index (χ4n) is 1.05. The van der Waals surface area contributed by atoms with Crippen LogP contribution in [0.3, 0.4) is 0 Å². The molecule has 0 saturated heterocycles. The molecule has 0 unspecified atom stereocenters. The van der Waals surface area contributed by atoms with Crippen LogP contribution in [0.1, 0.15) is 24.4 Å². The zero-order valence-corrected chi connectivity index (χ0v) is 6.54. The summed E-state index contributed by atoms with van der Waals surface area (Å²) >= 11 is 0. The lowest BCUT2D eigenvalue weighted by molar-refractivity contribution is 0.667. The van der Waals surface area contributed by atoms with Crippen LogP contribution in [0.5, 0.6) is 0 Å². The largest absolute Gasteiger partial charge is 0.319 e. The average Bonchev–Trinajstić information content (AvgIpc) is 2.70. The Morgan fingerprint density at radius 2 is 2.27 bits per heavy atom. The summed E-state index contributed by atoms with van der Waals surface area (Å²) < 4.78 is 0. The number of hydrogen-bond acceptors (Lipinski definition) is 3. The van der Waals surface area contributed by atoms with Gasteiger partial charge < -0.3 is 5.73 Å². The van der Waals surface area contributed by atoms with E-state index in [1.54, 1.807) is 6.20 Å². The third kappa shape index (κ3) is 1.12. The average molecular weight is 149 g/mol. The van der Waals surface area contributed by atoms with Crippen LogP contribution in [0.2, 0.25) is 0 Å². The number of nitrogens with zero attached hydrogens (tertiary/aromatic N) is 2. The predicted molar refractivity (Wildman–Crippen MR) is 41.9 cm³/mol. The third-order valence-corrected chi connectivity index (χ3v) is 2.03. The Morgan fingerprint density at radius 1 is 1.55 bits per heavy atom. The smallest absolute Gasteiger partial charge is 0.148 e. The van der Waals surface area contributed by atoms with E-state index >= 15 is 0 Å². The Labute approximate surface area is 65.7 Å². The van der Waals surface area contributed by atoms with Crippen molar-refractivity contribution >= 4 is 0 Å². The summed E-state index contributed by atoms with van der Waals surface area (Å²) in [4.78, 5) is 8.41. The van der Waals surface area contributed by atoms with E-state index in [9.17, 15) is 0 Å². The van der Waals surface area contributed by atoms with Crippen molar-refractivity contribution in [3.05, 3.63) is 23.8 Å². The zero-order chi connectivity index (χ0) is 7.90. The number of nitrogens with two attached hydrogens (primary N) is 1. The van der Waals surface area contributed by atoms with Crippen molar-refractivity contribution in [3.8, 4) is 0 Å². The van der Waals surface area contributed by atoms with Crippen LogP contribution in [0.4, 0.5) is 0 Å². The Hall–Kier alpha value is -0.960. The molecule has 1 aromatic heterocycles. The summed E-state index contributed by atoms with van der Waals surface area (Å²) in [5, 5.41) is 0. The molecule has 0 amide bonds. The second kappa shape index (κ2) is 2.01. The van der Waals surface area contributed by atoms with Crippen molar-refractivity contribution in [2.24, 2.45) is 5.73 Å². The third-order valence-electron chi connectivity index (χ3n) is 2.03. The van der Waals surface area contributed by atoms with Crippen LogP contribution in [0.15, 0.2) is 12.3 Å². The molecule has 2 rings (SSSR count). The van der Waals surface area contributed by atoms with Crippen molar-refractivity contribution in [2.45, 2.75) is 25.3 Å². The molecule has 0 bridgehead atoms. The molecule has 1 fully saturated rings. The fraction of sp³-hybridized carbons (Fsp3) is 0.500. The van der Waals surface area contributed by atoms with E-state index in [2.05, 4.69) is 9.97 Å². The molecule has 1 saturated carbocycles. The Bertz CT molecular complexity index is 278.